The van der Waals surface area contributed by atoms with Gasteiger partial charge in [-0.2, -0.15) is 9.78 Å². The van der Waals surface area contributed by atoms with Gasteiger partial charge < -0.3 is 5.32 Å². The van der Waals surface area contributed by atoms with Crippen LogP contribution in [0.4, 0.5) is 10.1 Å². The molecule has 2 aromatic carbocycles. The van der Waals surface area contributed by atoms with Gasteiger partial charge in [0.2, 0.25) is 0 Å². The predicted molar refractivity (Wildman–Crippen MR) is 120 cm³/mol. The summed E-state index contributed by atoms with van der Waals surface area (Å²) >= 11 is 0. The van der Waals surface area contributed by atoms with Crippen molar-refractivity contribution in [3.63, 3.8) is 0 Å². The van der Waals surface area contributed by atoms with E-state index in [2.05, 4.69) is 25.9 Å². The molecule has 3 aromatic heterocycles. The highest BCUT2D eigenvalue weighted by molar-refractivity contribution is 6.13. The van der Waals surface area contributed by atoms with E-state index in [-0.39, 0.29) is 11.6 Å². The molecule has 1 N–H and O–H groups in total. The quantitative estimate of drug-likeness (QED) is 0.456. The Kier molecular flexibility index (Phi) is 4.89. The molecule has 3 heterocycles. The first-order chi connectivity index (χ1) is 15.9. The van der Waals surface area contributed by atoms with E-state index < -0.39 is 5.82 Å². The zero-order valence-electron chi connectivity index (χ0n) is 18.1. The van der Waals surface area contributed by atoms with E-state index in [4.69, 9.17) is 4.98 Å². The number of aromatic nitrogens is 7. The number of amides is 1. The maximum atomic E-state index is 14.4. The van der Waals surface area contributed by atoms with Crippen LogP contribution in [0.5, 0.6) is 0 Å². The van der Waals surface area contributed by atoms with Gasteiger partial charge in [-0.3, -0.25) is 9.48 Å². The molecule has 0 saturated carbocycles. The first-order valence-electron chi connectivity index (χ1n) is 10.2. The van der Waals surface area contributed by atoms with E-state index in [1.165, 1.54) is 22.9 Å². The number of hydrogen-bond acceptors (Lipinski definition) is 6. The zero-order valence-corrected chi connectivity index (χ0v) is 18.1. The van der Waals surface area contributed by atoms with Gasteiger partial charge in [-0.25, -0.2) is 9.37 Å². The molecule has 10 heteroatoms. The lowest BCUT2D eigenvalue weighted by Gasteiger charge is -2.11. The lowest BCUT2D eigenvalue weighted by molar-refractivity contribution is 0.102. The minimum Gasteiger partial charge on any atom is -0.322 e. The number of aryl methyl sites for hydroxylation is 3. The van der Waals surface area contributed by atoms with Crippen LogP contribution in [0, 0.1) is 19.7 Å². The molecule has 0 spiro atoms. The average Bonchev–Trinajstić information content (AvgIpc) is 3.37. The number of carbonyl (C=O) groups is 1. The number of benzene rings is 2. The number of pyridine rings is 1. The van der Waals surface area contributed by atoms with E-state index in [9.17, 15) is 9.18 Å². The Morgan fingerprint density at radius 3 is 2.58 bits per heavy atom. The van der Waals surface area contributed by atoms with Crippen LogP contribution in [0.2, 0.25) is 0 Å². The predicted octanol–water partition coefficient (Wildman–Crippen LogP) is 3.62. The molecule has 1 amide bonds. The average molecular weight is 442 g/mol. The van der Waals surface area contributed by atoms with E-state index in [0.717, 1.165) is 5.56 Å². The molecule has 0 fully saturated rings. The highest BCUT2D eigenvalue weighted by Crippen LogP contribution is 2.28. The highest BCUT2D eigenvalue weighted by Gasteiger charge is 2.20. The van der Waals surface area contributed by atoms with Crippen molar-refractivity contribution in [1.82, 2.24) is 35.0 Å². The number of rotatable bonds is 4. The fraction of sp³-hybridized carbons (Fsp3) is 0.130. The Bertz CT molecular complexity index is 1510. The number of fused-ring (bicyclic) bond motifs is 1. The van der Waals surface area contributed by atoms with Crippen LogP contribution in [0.25, 0.3) is 28.0 Å². The van der Waals surface area contributed by atoms with Crippen LogP contribution >= 0.6 is 0 Å². The van der Waals surface area contributed by atoms with Crippen molar-refractivity contribution >= 4 is 22.6 Å². The fourth-order valence-electron chi connectivity index (χ4n) is 3.79. The van der Waals surface area contributed by atoms with E-state index in [1.54, 1.807) is 24.7 Å². The first-order valence-corrected chi connectivity index (χ1v) is 10.2. The summed E-state index contributed by atoms with van der Waals surface area (Å²) in [5.74, 6) is -0.447. The summed E-state index contributed by atoms with van der Waals surface area (Å²) in [7, 11) is 1.79. The molecule has 0 aliphatic carbocycles. The van der Waals surface area contributed by atoms with Gasteiger partial charge in [0.05, 0.1) is 22.3 Å². The third-order valence-corrected chi connectivity index (χ3v) is 5.34. The maximum Gasteiger partial charge on any atom is 0.256 e. The van der Waals surface area contributed by atoms with Gasteiger partial charge in [-0.05, 0) is 48.5 Å². The second-order valence-electron chi connectivity index (χ2n) is 7.59. The zero-order chi connectivity index (χ0) is 23.1. The monoisotopic (exact) mass is 442 g/mol. The molecule has 5 aromatic rings. The van der Waals surface area contributed by atoms with E-state index in [1.807, 2.05) is 37.3 Å². The van der Waals surface area contributed by atoms with Crippen LogP contribution in [-0.2, 0) is 7.05 Å². The topological polar surface area (TPSA) is 103 Å². The Morgan fingerprint density at radius 2 is 1.85 bits per heavy atom. The summed E-state index contributed by atoms with van der Waals surface area (Å²) in [6.45, 7) is 3.49. The summed E-state index contributed by atoms with van der Waals surface area (Å²) in [5, 5.41) is 19.1. The Balaban J connectivity index is 1.59. The first kappa shape index (κ1) is 20.4. The van der Waals surface area contributed by atoms with Gasteiger partial charge in [0.25, 0.3) is 5.91 Å². The number of nitrogens with one attached hydrogen (secondary N) is 1. The normalized spacial score (nSPS) is 11.2. The minimum absolute atomic E-state index is 0.137. The molecule has 33 heavy (non-hydrogen) atoms. The molecule has 0 aliphatic heterocycles. The summed E-state index contributed by atoms with van der Waals surface area (Å²) in [4.78, 5) is 18.1. The molecule has 0 atom stereocenters. The number of anilines is 1. The molecule has 5 rings (SSSR count). The maximum absolute atomic E-state index is 14.4. The van der Waals surface area contributed by atoms with Gasteiger partial charge in [0.1, 0.15) is 11.5 Å². The molecule has 9 nitrogen and oxygen atoms in total. The van der Waals surface area contributed by atoms with Crippen molar-refractivity contribution in [3.8, 4) is 16.9 Å². The van der Waals surface area contributed by atoms with Gasteiger partial charge >= 0.3 is 0 Å². The SMILES string of the molecule is Cc1nn(C)c2nc(-c3ccccc3)cc(C(=O)Nc3ccc(F)c(-n4nnnc4C)c3)c12. The van der Waals surface area contributed by atoms with Gasteiger partial charge in [0.15, 0.2) is 11.5 Å². The van der Waals surface area contributed by atoms with Crippen molar-refractivity contribution in [1.29, 1.82) is 0 Å². The number of halogens is 1. The third kappa shape index (κ3) is 3.61. The highest BCUT2D eigenvalue weighted by atomic mass is 19.1. The summed E-state index contributed by atoms with van der Waals surface area (Å²) in [5.41, 5.74) is 3.79. The van der Waals surface area contributed by atoms with Gasteiger partial charge in [0, 0.05) is 18.3 Å². The van der Waals surface area contributed by atoms with Crippen LogP contribution in [0.3, 0.4) is 0 Å². The summed E-state index contributed by atoms with van der Waals surface area (Å²) in [6.07, 6.45) is 0. The minimum atomic E-state index is -0.510. The van der Waals surface area contributed by atoms with Crippen LogP contribution in [0.1, 0.15) is 21.9 Å². The second-order valence-corrected chi connectivity index (χ2v) is 7.59. The van der Waals surface area contributed by atoms with Gasteiger partial charge in [-0.1, -0.05) is 30.3 Å². The van der Waals surface area contributed by atoms with E-state index >= 15 is 0 Å². The molecule has 164 valence electrons. The smallest absolute Gasteiger partial charge is 0.256 e. The number of carbonyl (C=O) groups excluding carboxylic acids is 1. The van der Waals surface area contributed by atoms with Crippen LogP contribution < -0.4 is 5.32 Å². The van der Waals surface area contributed by atoms with Crippen molar-refractivity contribution in [2.24, 2.45) is 7.05 Å². The molecular weight excluding hydrogens is 423 g/mol. The van der Waals surface area contributed by atoms with Crippen molar-refractivity contribution in [3.05, 3.63) is 77.5 Å². The standard InChI is InChI=1S/C23H19FN8O/c1-13-21-17(12-19(15-7-5-4-6-8-15)26-22(21)31(3)28-13)23(33)25-16-9-10-18(24)20(11-16)32-14(2)27-29-30-32/h4-12H,1-3H3,(H,25,33). The Morgan fingerprint density at radius 1 is 1.06 bits per heavy atom. The van der Waals surface area contributed by atoms with E-state index in [0.29, 0.717) is 39.5 Å². The largest absolute Gasteiger partial charge is 0.322 e. The van der Waals surface area contributed by atoms with Gasteiger partial charge in [-0.15, -0.1) is 5.10 Å². The molecular formula is C23H19FN8O. The summed E-state index contributed by atoms with van der Waals surface area (Å²) in [6, 6.07) is 15.6. The molecule has 0 bridgehead atoms. The van der Waals surface area contributed by atoms with Crippen molar-refractivity contribution in [2.45, 2.75) is 13.8 Å². The molecule has 0 radical (unpaired) electrons. The van der Waals surface area contributed by atoms with Crippen LogP contribution in [0.15, 0.2) is 54.6 Å². The number of tetrazole rings is 1. The molecule has 0 unspecified atom stereocenters. The third-order valence-electron chi connectivity index (χ3n) is 5.34. The number of hydrogen-bond donors (Lipinski definition) is 1. The van der Waals surface area contributed by atoms with Crippen LogP contribution in [-0.4, -0.2) is 40.9 Å². The second kappa shape index (κ2) is 7.90. The van der Waals surface area contributed by atoms with Crippen molar-refractivity contribution in [2.75, 3.05) is 5.32 Å². The molecule has 0 aliphatic rings. The Hall–Kier alpha value is -4.47. The summed E-state index contributed by atoms with van der Waals surface area (Å²) < 4.78 is 17.4. The lowest BCUT2D eigenvalue weighted by Crippen LogP contribution is -2.14. The Labute approximate surface area is 187 Å². The van der Waals surface area contributed by atoms with Crippen molar-refractivity contribution < 1.29 is 9.18 Å². The molecule has 0 saturated heterocycles. The fourth-order valence-corrected chi connectivity index (χ4v) is 3.79. The number of nitrogens with zero attached hydrogens (tertiary/aromatic N) is 7. The lowest BCUT2D eigenvalue weighted by atomic mass is 10.0.